The van der Waals surface area contributed by atoms with Crippen molar-refractivity contribution in [3.05, 3.63) is 53.2 Å². The van der Waals surface area contributed by atoms with Crippen LogP contribution in [0.5, 0.6) is 17.2 Å². The van der Waals surface area contributed by atoms with Crippen molar-refractivity contribution in [2.24, 2.45) is 10.8 Å². The summed E-state index contributed by atoms with van der Waals surface area (Å²) in [7, 11) is 4.68. The molecule has 3 aromatic rings. The normalized spacial score (nSPS) is 13.0. The number of nitrogens with two attached hydrogens (primary N) is 2. The molecule has 0 saturated carbocycles. The van der Waals surface area contributed by atoms with Gasteiger partial charge in [0.15, 0.2) is 11.5 Å². The average Bonchev–Trinajstić information content (AvgIpc) is 3.36. The fraction of sp³-hybridized carbons (Fsp3) is 0.227. The summed E-state index contributed by atoms with van der Waals surface area (Å²) in [5, 5.41) is 12.5. The number of methoxy groups -OCH3 is 3. The van der Waals surface area contributed by atoms with Gasteiger partial charge in [-0.25, -0.2) is 9.66 Å². The first-order chi connectivity index (χ1) is 15.0. The summed E-state index contributed by atoms with van der Waals surface area (Å²) in [6.45, 7) is 0. The summed E-state index contributed by atoms with van der Waals surface area (Å²) in [4.78, 5) is 4.46. The second-order valence-electron chi connectivity index (χ2n) is 7.03. The van der Waals surface area contributed by atoms with Crippen molar-refractivity contribution in [2.75, 3.05) is 27.1 Å². The Morgan fingerprint density at radius 1 is 1.06 bits per heavy atom. The first-order valence-corrected chi connectivity index (χ1v) is 9.66. The molecule has 176 valence electrons. The highest BCUT2D eigenvalue weighted by Gasteiger charge is 2.22. The molecular formula is C22H26Cl2N6O3. The molecule has 1 aromatic heterocycles. The van der Waals surface area contributed by atoms with E-state index in [1.807, 2.05) is 30.3 Å². The third-order valence-electron chi connectivity index (χ3n) is 5.29. The lowest BCUT2D eigenvalue weighted by molar-refractivity contribution is 0.324. The number of aromatic nitrogens is 2. The van der Waals surface area contributed by atoms with Crippen LogP contribution < -0.4 is 25.7 Å². The van der Waals surface area contributed by atoms with Crippen LogP contribution in [0.3, 0.4) is 0 Å². The Morgan fingerprint density at radius 3 is 2.30 bits per heavy atom. The third-order valence-corrected chi connectivity index (χ3v) is 5.29. The van der Waals surface area contributed by atoms with Crippen LogP contribution in [0.25, 0.3) is 11.3 Å². The number of hydrogen-bond acceptors (Lipinski definition) is 7. The van der Waals surface area contributed by atoms with E-state index in [4.69, 9.17) is 36.2 Å². The van der Waals surface area contributed by atoms with Crippen molar-refractivity contribution in [1.82, 2.24) is 9.66 Å². The minimum absolute atomic E-state index is 0. The standard InChI is InChI=1S/C22H24N6O3.2ClH/c1-29-18-9-12(10-19(30-2)20(18)31-3)17-11-28(22(25)26-17)27-16-8-7-13-14(16)5-4-6-15(13)21(23)24;;/h4-6,9-11H,7-8H2,1-3H3,(H3,23,24)(H2,25,26);2*1H/b27-16+;;. The number of hydrogen-bond donors (Lipinski definition) is 3. The molecular weight excluding hydrogens is 467 g/mol. The van der Waals surface area contributed by atoms with Gasteiger partial charge in [-0.3, -0.25) is 5.41 Å². The molecule has 5 N–H and O–H groups in total. The fourth-order valence-corrected chi connectivity index (χ4v) is 3.82. The molecule has 0 unspecified atom stereocenters. The van der Waals surface area contributed by atoms with Gasteiger partial charge in [0.25, 0.3) is 0 Å². The number of benzene rings is 2. The molecule has 0 bridgehead atoms. The van der Waals surface area contributed by atoms with E-state index in [2.05, 4.69) is 4.98 Å². The molecule has 1 heterocycles. The lowest BCUT2D eigenvalue weighted by Crippen LogP contribution is -2.13. The topological polar surface area (TPSA) is 134 Å². The highest BCUT2D eigenvalue weighted by Crippen LogP contribution is 2.41. The maximum absolute atomic E-state index is 7.79. The predicted octanol–water partition coefficient (Wildman–Crippen LogP) is 3.48. The largest absolute Gasteiger partial charge is 0.493 e. The second kappa shape index (κ2) is 10.5. The van der Waals surface area contributed by atoms with Crippen molar-refractivity contribution in [2.45, 2.75) is 12.8 Å². The first kappa shape index (κ1) is 25.8. The number of imidazole rings is 1. The molecule has 1 aliphatic carbocycles. The van der Waals surface area contributed by atoms with Gasteiger partial charge in [0.05, 0.1) is 38.9 Å². The molecule has 0 radical (unpaired) electrons. The SMILES string of the molecule is COc1cc(-c2cn(/N=C3\CCc4c(C(=N)N)cccc43)c(N)n2)cc(OC)c1OC.Cl.Cl. The Kier molecular flexibility index (Phi) is 8.18. The van der Waals surface area contributed by atoms with E-state index in [0.29, 0.717) is 22.9 Å². The van der Waals surface area contributed by atoms with Crippen LogP contribution in [0, 0.1) is 5.41 Å². The van der Waals surface area contributed by atoms with Gasteiger partial charge in [0.2, 0.25) is 11.7 Å². The highest BCUT2D eigenvalue weighted by molar-refractivity contribution is 6.08. The van der Waals surface area contributed by atoms with Crippen molar-refractivity contribution in [1.29, 1.82) is 5.41 Å². The molecule has 2 aromatic carbocycles. The Balaban J connectivity index is 0.00000193. The van der Waals surface area contributed by atoms with Crippen LogP contribution in [0.4, 0.5) is 5.95 Å². The maximum Gasteiger partial charge on any atom is 0.221 e. The lowest BCUT2D eigenvalue weighted by atomic mass is 10.0. The first-order valence-electron chi connectivity index (χ1n) is 9.66. The van der Waals surface area contributed by atoms with Gasteiger partial charge >= 0.3 is 0 Å². The Hall–Kier alpha value is -3.43. The van der Waals surface area contributed by atoms with Gasteiger partial charge in [-0.15, -0.1) is 24.8 Å². The van der Waals surface area contributed by atoms with E-state index in [-0.39, 0.29) is 36.6 Å². The number of amidine groups is 1. The van der Waals surface area contributed by atoms with Gasteiger partial charge in [0, 0.05) is 16.7 Å². The summed E-state index contributed by atoms with van der Waals surface area (Å²) in [5.74, 6) is 1.87. The number of nitrogens with one attached hydrogen (secondary N) is 1. The molecule has 33 heavy (non-hydrogen) atoms. The molecule has 1 aliphatic rings. The highest BCUT2D eigenvalue weighted by atomic mass is 35.5. The zero-order valence-electron chi connectivity index (χ0n) is 18.4. The summed E-state index contributed by atoms with van der Waals surface area (Å²) < 4.78 is 17.8. The lowest BCUT2D eigenvalue weighted by Gasteiger charge is -2.13. The molecule has 0 aliphatic heterocycles. The molecule has 0 amide bonds. The second-order valence-corrected chi connectivity index (χ2v) is 7.03. The Bertz CT molecular complexity index is 1180. The molecule has 9 nitrogen and oxygen atoms in total. The van der Waals surface area contributed by atoms with E-state index in [9.17, 15) is 0 Å². The van der Waals surface area contributed by atoms with Crippen LogP contribution in [-0.4, -0.2) is 42.5 Å². The van der Waals surface area contributed by atoms with Crippen molar-refractivity contribution < 1.29 is 14.2 Å². The molecule has 11 heteroatoms. The van der Waals surface area contributed by atoms with Crippen molar-refractivity contribution >= 4 is 42.3 Å². The molecule has 4 rings (SSSR count). The maximum atomic E-state index is 7.79. The molecule has 0 fully saturated rings. The van der Waals surface area contributed by atoms with E-state index >= 15 is 0 Å². The summed E-state index contributed by atoms with van der Waals surface area (Å²) in [5.41, 5.74) is 16.9. The number of nitrogen functional groups attached to an aromatic ring is 2. The van der Waals surface area contributed by atoms with Gasteiger partial charge in [-0.1, -0.05) is 18.2 Å². The number of anilines is 1. The summed E-state index contributed by atoms with van der Waals surface area (Å²) in [6, 6.07) is 9.35. The van der Waals surface area contributed by atoms with Crippen molar-refractivity contribution in [3.63, 3.8) is 0 Å². The van der Waals surface area contributed by atoms with Crippen LogP contribution in [0.1, 0.15) is 23.1 Å². The summed E-state index contributed by atoms with van der Waals surface area (Å²) in [6.07, 6.45) is 3.27. The van der Waals surface area contributed by atoms with Gasteiger partial charge in [-0.2, -0.15) is 5.10 Å². The number of ether oxygens (including phenoxy) is 3. The summed E-state index contributed by atoms with van der Waals surface area (Å²) >= 11 is 0. The molecule has 0 saturated heterocycles. The Morgan fingerprint density at radius 2 is 1.73 bits per heavy atom. The van der Waals surface area contributed by atoms with Crippen molar-refractivity contribution in [3.8, 4) is 28.5 Å². The van der Waals surface area contributed by atoms with Crippen LogP contribution in [0.2, 0.25) is 0 Å². The van der Waals surface area contributed by atoms with E-state index in [1.54, 1.807) is 32.2 Å². The van der Waals surface area contributed by atoms with Crippen LogP contribution >= 0.6 is 24.8 Å². The quantitative estimate of drug-likeness (QED) is 0.356. The Labute approximate surface area is 204 Å². The fourth-order valence-electron chi connectivity index (χ4n) is 3.82. The minimum Gasteiger partial charge on any atom is -0.493 e. The smallest absolute Gasteiger partial charge is 0.221 e. The van der Waals surface area contributed by atoms with Gasteiger partial charge < -0.3 is 25.7 Å². The van der Waals surface area contributed by atoms with E-state index < -0.39 is 0 Å². The monoisotopic (exact) mass is 492 g/mol. The molecule has 0 spiro atoms. The zero-order chi connectivity index (χ0) is 22.1. The van der Waals surface area contributed by atoms with Crippen LogP contribution in [0.15, 0.2) is 41.6 Å². The van der Waals surface area contributed by atoms with E-state index in [1.165, 1.54) is 0 Å². The number of halogens is 2. The molecule has 0 atom stereocenters. The van der Waals surface area contributed by atoms with E-state index in [0.717, 1.165) is 40.8 Å². The number of fused-ring (bicyclic) bond motifs is 1. The number of rotatable bonds is 6. The zero-order valence-corrected chi connectivity index (χ0v) is 20.0. The third kappa shape index (κ3) is 4.69. The average molecular weight is 493 g/mol. The van der Waals surface area contributed by atoms with Gasteiger partial charge in [0.1, 0.15) is 5.84 Å². The van der Waals surface area contributed by atoms with Gasteiger partial charge in [-0.05, 0) is 30.5 Å². The predicted molar refractivity (Wildman–Crippen MR) is 134 cm³/mol. The number of nitrogens with zero attached hydrogens (tertiary/aromatic N) is 3. The van der Waals surface area contributed by atoms with Crippen LogP contribution in [-0.2, 0) is 6.42 Å². The minimum atomic E-state index is 0.